The van der Waals surface area contributed by atoms with E-state index in [1.54, 1.807) is 16.0 Å². The van der Waals surface area contributed by atoms with Gasteiger partial charge in [-0.05, 0) is 29.8 Å². The number of ketones is 1. The number of halogens is 1. The lowest BCUT2D eigenvalue weighted by molar-refractivity contribution is -0.112. The zero-order valence-corrected chi connectivity index (χ0v) is 20.1. The first kappa shape index (κ1) is 22.1. The quantitative estimate of drug-likeness (QED) is 0.458. The number of benzene rings is 1. The largest absolute Gasteiger partial charge is 0.378 e. The Bertz CT molecular complexity index is 1610. The van der Waals surface area contributed by atoms with Crippen LogP contribution in [0.3, 0.4) is 0 Å². The number of nitrogens with one attached hydrogen (secondary N) is 1. The minimum atomic E-state index is -0.391. The van der Waals surface area contributed by atoms with Crippen LogP contribution in [0.15, 0.2) is 48.9 Å². The molecule has 0 radical (unpaired) electrons. The third-order valence-corrected chi connectivity index (χ3v) is 7.44. The second-order valence-corrected chi connectivity index (χ2v) is 9.60. The first-order chi connectivity index (χ1) is 18.1. The summed E-state index contributed by atoms with van der Waals surface area (Å²) in [5, 5.41) is 3.93. The summed E-state index contributed by atoms with van der Waals surface area (Å²) in [4.78, 5) is 34.5. The molecule has 2 amide bonds. The molecule has 37 heavy (non-hydrogen) atoms. The Morgan fingerprint density at radius 1 is 1.08 bits per heavy atom. The minimum Gasteiger partial charge on any atom is -0.378 e. The average Bonchev–Trinajstić information content (AvgIpc) is 3.57. The van der Waals surface area contributed by atoms with Crippen molar-refractivity contribution in [2.45, 2.75) is 13.1 Å². The third-order valence-electron chi connectivity index (χ3n) is 7.44. The Kier molecular flexibility index (Phi) is 5.03. The molecule has 0 aliphatic carbocycles. The van der Waals surface area contributed by atoms with Crippen LogP contribution in [0.25, 0.3) is 27.8 Å². The number of rotatable bonds is 2. The van der Waals surface area contributed by atoms with Gasteiger partial charge in [0, 0.05) is 56.1 Å². The molecule has 0 spiro atoms. The van der Waals surface area contributed by atoms with Crippen LogP contribution in [-0.4, -0.2) is 75.0 Å². The van der Waals surface area contributed by atoms with Gasteiger partial charge in [-0.1, -0.05) is 6.07 Å². The van der Waals surface area contributed by atoms with Gasteiger partial charge in [-0.3, -0.25) is 9.20 Å². The molecule has 0 atom stereocenters. The number of fused-ring (bicyclic) bond motifs is 1. The van der Waals surface area contributed by atoms with Gasteiger partial charge in [0.05, 0.1) is 48.4 Å². The molecule has 188 valence electrons. The number of carbonyl (C=O) groups excluding carboxylic acids is 2. The number of aromatic nitrogens is 3. The Hall–Kier alpha value is -4.18. The SMILES string of the molecule is O=C1CNC(c2cnc3ccccn23)=C1c1cn2c3c(cc(F)cc13)CN(C(=O)N1CCOCC1)CC2. The van der Waals surface area contributed by atoms with Crippen molar-refractivity contribution in [1.29, 1.82) is 0 Å². The van der Waals surface area contributed by atoms with Crippen LogP contribution in [0.2, 0.25) is 0 Å². The summed E-state index contributed by atoms with van der Waals surface area (Å²) in [5.41, 5.74) is 5.07. The summed E-state index contributed by atoms with van der Waals surface area (Å²) < 4.78 is 24.4. The van der Waals surface area contributed by atoms with Crippen molar-refractivity contribution in [2.75, 3.05) is 39.4 Å². The number of urea groups is 1. The predicted molar refractivity (Wildman–Crippen MR) is 135 cm³/mol. The van der Waals surface area contributed by atoms with Crippen molar-refractivity contribution in [1.82, 2.24) is 29.1 Å². The van der Waals surface area contributed by atoms with Gasteiger partial charge >= 0.3 is 6.03 Å². The molecule has 0 saturated carbocycles. The van der Waals surface area contributed by atoms with E-state index in [0.717, 1.165) is 22.4 Å². The molecule has 3 aliphatic rings. The maximum Gasteiger partial charge on any atom is 0.320 e. The predicted octanol–water partition coefficient (Wildman–Crippen LogP) is 2.74. The van der Waals surface area contributed by atoms with Gasteiger partial charge in [0.1, 0.15) is 11.5 Å². The highest BCUT2D eigenvalue weighted by Crippen LogP contribution is 2.37. The number of carbonyl (C=O) groups is 2. The van der Waals surface area contributed by atoms with Crippen LogP contribution in [0.4, 0.5) is 9.18 Å². The standard InChI is InChI=1S/C27H25FN6O3/c28-18-11-17-15-33(27(36)31-7-9-37-10-8-31)6-5-32-16-20(19(12-18)26(17)32)24-22(35)14-30-25(24)21-13-29-23-3-1-2-4-34(21)23/h1-4,11-13,16,30H,5-10,14-15H2. The van der Waals surface area contributed by atoms with Crippen LogP contribution in [0.5, 0.6) is 0 Å². The van der Waals surface area contributed by atoms with Crippen LogP contribution < -0.4 is 5.32 Å². The number of ether oxygens (including phenoxy) is 1. The summed E-state index contributed by atoms with van der Waals surface area (Å²) in [7, 11) is 0. The maximum absolute atomic E-state index is 15.0. The van der Waals surface area contributed by atoms with E-state index in [2.05, 4.69) is 14.9 Å². The van der Waals surface area contributed by atoms with Crippen molar-refractivity contribution in [3.8, 4) is 0 Å². The van der Waals surface area contributed by atoms with Crippen LogP contribution in [0.1, 0.15) is 16.8 Å². The number of Topliss-reactive ketones (excluding diaryl/α,β-unsaturated/α-hetero) is 1. The van der Waals surface area contributed by atoms with E-state index in [1.165, 1.54) is 12.1 Å². The van der Waals surface area contributed by atoms with E-state index in [0.29, 0.717) is 68.2 Å². The van der Waals surface area contributed by atoms with Gasteiger partial charge in [0.25, 0.3) is 0 Å². The number of nitrogens with zero attached hydrogens (tertiary/aromatic N) is 5. The fraction of sp³-hybridized carbons (Fsp3) is 0.296. The lowest BCUT2D eigenvalue weighted by atomic mass is 9.99. The summed E-state index contributed by atoms with van der Waals surface area (Å²) >= 11 is 0. The third kappa shape index (κ3) is 3.51. The van der Waals surface area contributed by atoms with E-state index in [1.807, 2.05) is 35.0 Å². The van der Waals surface area contributed by atoms with Crippen LogP contribution >= 0.6 is 0 Å². The Morgan fingerprint density at radius 2 is 1.95 bits per heavy atom. The minimum absolute atomic E-state index is 0.0491. The van der Waals surface area contributed by atoms with E-state index < -0.39 is 5.82 Å². The smallest absolute Gasteiger partial charge is 0.320 e. The zero-order chi connectivity index (χ0) is 25.1. The van der Waals surface area contributed by atoms with Gasteiger partial charge in [-0.25, -0.2) is 14.2 Å². The van der Waals surface area contributed by atoms with Gasteiger partial charge in [0.2, 0.25) is 0 Å². The number of morpholine rings is 1. The van der Waals surface area contributed by atoms with Crippen molar-refractivity contribution in [2.24, 2.45) is 0 Å². The summed E-state index contributed by atoms with van der Waals surface area (Å²) in [6.45, 7) is 3.67. The van der Waals surface area contributed by atoms with Crippen molar-refractivity contribution in [3.63, 3.8) is 0 Å². The average molecular weight is 501 g/mol. The van der Waals surface area contributed by atoms with Gasteiger partial charge < -0.3 is 24.4 Å². The van der Waals surface area contributed by atoms with E-state index in [9.17, 15) is 9.59 Å². The molecule has 6 heterocycles. The monoisotopic (exact) mass is 500 g/mol. The highest BCUT2D eigenvalue weighted by Gasteiger charge is 2.32. The van der Waals surface area contributed by atoms with Crippen LogP contribution in [0, 0.1) is 5.82 Å². The molecule has 4 aromatic rings. The molecule has 1 aromatic carbocycles. The topological polar surface area (TPSA) is 84.1 Å². The van der Waals surface area contributed by atoms with Crippen molar-refractivity contribution < 1.29 is 18.7 Å². The molecule has 1 fully saturated rings. The van der Waals surface area contributed by atoms with Crippen LogP contribution in [-0.2, 0) is 22.6 Å². The Balaban J connectivity index is 1.34. The lowest BCUT2D eigenvalue weighted by Crippen LogP contribution is -2.48. The highest BCUT2D eigenvalue weighted by atomic mass is 19.1. The maximum atomic E-state index is 15.0. The molecule has 0 bridgehead atoms. The Labute approximate surface area is 211 Å². The highest BCUT2D eigenvalue weighted by molar-refractivity contribution is 6.33. The van der Waals surface area contributed by atoms with E-state index >= 15 is 4.39 Å². The van der Waals surface area contributed by atoms with Crippen molar-refractivity contribution >= 4 is 39.6 Å². The molecule has 0 unspecified atom stereocenters. The Morgan fingerprint density at radius 3 is 2.81 bits per heavy atom. The molecule has 1 saturated heterocycles. The van der Waals surface area contributed by atoms with E-state index in [4.69, 9.17) is 4.74 Å². The van der Waals surface area contributed by atoms with Gasteiger partial charge in [0.15, 0.2) is 5.78 Å². The number of hydrogen-bond acceptors (Lipinski definition) is 5. The second-order valence-electron chi connectivity index (χ2n) is 9.60. The molecule has 3 aromatic heterocycles. The number of amides is 2. The van der Waals surface area contributed by atoms with E-state index in [-0.39, 0.29) is 18.4 Å². The summed E-state index contributed by atoms with van der Waals surface area (Å²) in [6.07, 6.45) is 5.59. The second kappa shape index (κ2) is 8.45. The normalized spacial score (nSPS) is 18.1. The molecule has 9 nitrogen and oxygen atoms in total. The van der Waals surface area contributed by atoms with Gasteiger partial charge in [-0.2, -0.15) is 0 Å². The summed E-state index contributed by atoms with van der Waals surface area (Å²) in [6, 6.07) is 8.68. The molecule has 10 heteroatoms. The first-order valence-corrected chi connectivity index (χ1v) is 12.5. The number of imidazole rings is 1. The molecular weight excluding hydrogens is 475 g/mol. The summed E-state index contributed by atoms with van der Waals surface area (Å²) in [5.74, 6) is -0.440. The molecule has 7 rings (SSSR count). The van der Waals surface area contributed by atoms with Crippen molar-refractivity contribution in [3.05, 3.63) is 71.6 Å². The fourth-order valence-electron chi connectivity index (χ4n) is 5.72. The van der Waals surface area contributed by atoms with Gasteiger partial charge in [-0.15, -0.1) is 0 Å². The lowest BCUT2D eigenvalue weighted by Gasteiger charge is -2.32. The first-order valence-electron chi connectivity index (χ1n) is 12.5. The molecule has 3 aliphatic heterocycles. The zero-order valence-electron chi connectivity index (χ0n) is 20.1. The molecular formula is C27H25FN6O3. The number of pyridine rings is 1. The molecule has 1 N–H and O–H groups in total. The fourth-order valence-corrected chi connectivity index (χ4v) is 5.72. The number of hydrogen-bond donors (Lipinski definition) is 1.